The minimum Gasteiger partial charge on any atom is -0.459 e. The molecule has 3 fully saturated rings. The van der Waals surface area contributed by atoms with Gasteiger partial charge in [-0.1, -0.05) is 103 Å². The molecule has 0 bridgehead atoms. The summed E-state index contributed by atoms with van der Waals surface area (Å²) in [4.78, 5) is 96.5. The molecule has 0 radical (unpaired) electrons. The fraction of sp³-hybridized carbons (Fsp3) is 0.190. The van der Waals surface area contributed by atoms with Crippen molar-refractivity contribution in [3.8, 4) is 18.2 Å². The van der Waals surface area contributed by atoms with E-state index in [-0.39, 0.29) is 82.8 Å². The van der Waals surface area contributed by atoms with Gasteiger partial charge < -0.3 is 52.5 Å². The number of nitrogens with one attached hydrogen (secondary N) is 1. The van der Waals surface area contributed by atoms with Crippen molar-refractivity contribution in [2.75, 3.05) is 93.2 Å². The van der Waals surface area contributed by atoms with Gasteiger partial charge in [0.05, 0.1) is 72.0 Å². The van der Waals surface area contributed by atoms with E-state index in [1.165, 1.54) is 59.8 Å². The number of halogens is 4. The molecule has 104 heavy (non-hydrogen) atoms. The molecule has 0 aliphatic carbocycles. The molecule has 0 saturated carbocycles. The molecule has 8 heterocycles. The Kier molecular flexibility index (Phi) is 20.6. The predicted molar refractivity (Wildman–Crippen MR) is 388 cm³/mol. The van der Waals surface area contributed by atoms with Gasteiger partial charge >= 0.3 is 0 Å². The van der Waals surface area contributed by atoms with Gasteiger partial charge in [-0.2, -0.15) is 15.8 Å². The lowest BCUT2D eigenvalue weighted by molar-refractivity contribution is 0.0712. The molecule has 0 spiro atoms. The standard InChI is InChI=1S/C28H23FN4O2.C26H20ClFN4O3.C25H21FN6O2/c29-22-12-10-20(11-13-22)19-33-25-9-5-4-8-23(25)26(24(18-30)28(33)35)31-14-16-32(17-15-31)27(34)21-6-2-1-3-7-21;27-18-5-8-22-20(14-18)24(30-9-11-31(12-10-30)26(34)23-2-1-13-35-23)21(15-29)25(33)32(22)16-17-3-6-19(28)7-4-17;26-18-7-5-17(6-8-18)15-32-22-4-2-1-3-19(22)23(20(13-27)24(32)33)30-9-11-31(12-10-30)25(34)21-14-28-16-29-21/h1-13H,14-17,19H2;1-8,13-14H,9-12,16H2;1-8,14,16H,9-12,15H2,(H,28,29). The summed E-state index contributed by atoms with van der Waals surface area (Å²) in [5.41, 5.74) is 6.00. The van der Waals surface area contributed by atoms with Gasteiger partial charge in [-0.25, -0.2) is 18.2 Å². The number of para-hydroxylation sites is 2. The summed E-state index contributed by atoms with van der Waals surface area (Å²) < 4.78 is 50.0. The van der Waals surface area contributed by atoms with Crippen LogP contribution in [0.2, 0.25) is 5.02 Å². The second-order valence-electron chi connectivity index (χ2n) is 24.9. The normalized spacial score (nSPS) is 13.7. The van der Waals surface area contributed by atoms with E-state index in [2.05, 4.69) is 28.2 Å². The third-order valence-corrected chi connectivity index (χ3v) is 19.0. The molecule has 520 valence electrons. The van der Waals surface area contributed by atoms with Crippen molar-refractivity contribution in [3.63, 3.8) is 0 Å². The summed E-state index contributed by atoms with van der Waals surface area (Å²) in [6, 6.07) is 56.8. The SMILES string of the molecule is N#Cc1c(N2CCN(C(=O)c3ccccc3)CC2)c2ccccc2n(Cc2ccc(F)cc2)c1=O.N#Cc1c(N2CCN(C(=O)c3ccco3)CC2)c2cc(Cl)ccc2n(Cc2ccc(F)cc2)c1=O.N#Cc1c(N2CCN(C(=O)c3cnc[nH]3)CC2)c2ccccc2n(Cc2ccc(F)cc2)c1=O. The number of aromatic nitrogens is 5. The van der Waals surface area contributed by atoms with Crippen LogP contribution in [0.3, 0.4) is 0 Å². The van der Waals surface area contributed by atoms with E-state index < -0.39 is 11.1 Å². The molecule has 1 N–H and O–H groups in total. The van der Waals surface area contributed by atoms with Crippen molar-refractivity contribution in [3.05, 3.63) is 305 Å². The molecule has 7 aromatic carbocycles. The number of pyridine rings is 3. The van der Waals surface area contributed by atoms with E-state index in [4.69, 9.17) is 16.0 Å². The average molecular weight is 1410 g/mol. The summed E-state index contributed by atoms with van der Waals surface area (Å²) in [5.74, 6) is -1.13. The van der Waals surface area contributed by atoms with Crippen LogP contribution in [-0.2, 0) is 19.6 Å². The number of hydrogen-bond donors (Lipinski definition) is 1. The van der Waals surface area contributed by atoms with Crippen LogP contribution >= 0.6 is 11.6 Å². The highest BCUT2D eigenvalue weighted by Gasteiger charge is 2.32. The number of nitrogens with zero attached hydrogens (tertiary/aromatic N) is 13. The van der Waals surface area contributed by atoms with E-state index in [1.54, 1.807) is 103 Å². The first kappa shape index (κ1) is 69.5. The smallest absolute Gasteiger partial charge is 0.289 e. The van der Waals surface area contributed by atoms with Crippen molar-refractivity contribution in [1.29, 1.82) is 15.8 Å². The van der Waals surface area contributed by atoms with Gasteiger partial charge in [0.2, 0.25) is 0 Å². The largest absolute Gasteiger partial charge is 0.459 e. The quantitative estimate of drug-likeness (QED) is 0.119. The number of amides is 3. The van der Waals surface area contributed by atoms with Gasteiger partial charge in [0, 0.05) is 105 Å². The number of benzene rings is 7. The topological polar surface area (TPSA) is 250 Å². The minimum absolute atomic E-state index is 0.00712. The van der Waals surface area contributed by atoms with E-state index in [0.717, 1.165) is 27.5 Å². The molecule has 3 aliphatic heterocycles. The zero-order valence-electron chi connectivity index (χ0n) is 55.8. The summed E-state index contributed by atoms with van der Waals surface area (Å²) in [6.07, 6.45) is 4.42. The van der Waals surface area contributed by atoms with Gasteiger partial charge in [0.15, 0.2) is 5.76 Å². The van der Waals surface area contributed by atoms with E-state index in [9.17, 15) is 57.7 Å². The fourth-order valence-electron chi connectivity index (χ4n) is 13.5. The first-order valence-corrected chi connectivity index (χ1v) is 33.8. The van der Waals surface area contributed by atoms with Crippen LogP contribution in [0.4, 0.5) is 30.2 Å². The Morgan fingerprint density at radius 2 is 0.827 bits per heavy atom. The number of furan rings is 1. The molecule has 0 atom stereocenters. The number of hydrogen-bond acceptors (Lipinski definition) is 14. The minimum atomic E-state index is -0.435. The Morgan fingerprint density at radius 3 is 1.22 bits per heavy atom. The molecular formula is C79H64ClF3N14O7. The molecule has 12 aromatic rings. The highest BCUT2D eigenvalue weighted by Crippen LogP contribution is 2.35. The van der Waals surface area contributed by atoms with Crippen molar-refractivity contribution in [2.24, 2.45) is 0 Å². The van der Waals surface area contributed by atoms with Crippen LogP contribution in [0.25, 0.3) is 32.7 Å². The second-order valence-corrected chi connectivity index (χ2v) is 25.3. The lowest BCUT2D eigenvalue weighted by Gasteiger charge is -2.37. The molecule has 25 heteroatoms. The van der Waals surface area contributed by atoms with Gasteiger partial charge in [0.25, 0.3) is 34.4 Å². The van der Waals surface area contributed by atoms with Gasteiger partial charge in [-0.15, -0.1) is 0 Å². The summed E-state index contributed by atoms with van der Waals surface area (Å²) in [5, 5.41) is 32.7. The molecule has 3 amide bonds. The van der Waals surface area contributed by atoms with Crippen LogP contribution < -0.4 is 31.4 Å². The van der Waals surface area contributed by atoms with E-state index in [1.807, 2.05) is 81.4 Å². The number of carbonyl (C=O) groups excluding carboxylic acids is 3. The highest BCUT2D eigenvalue weighted by molar-refractivity contribution is 6.31. The number of H-pyrrole nitrogens is 1. The lowest BCUT2D eigenvalue weighted by Crippen LogP contribution is -2.49. The molecule has 3 aliphatic rings. The number of piperazine rings is 3. The van der Waals surface area contributed by atoms with Crippen molar-refractivity contribution >= 4 is 79.1 Å². The third kappa shape index (κ3) is 14.5. The van der Waals surface area contributed by atoms with Crippen LogP contribution in [-0.4, -0.2) is 135 Å². The molecular weight excluding hydrogens is 1350 g/mol. The van der Waals surface area contributed by atoms with Gasteiger partial charge in [0.1, 0.15) is 58.0 Å². The van der Waals surface area contributed by atoms with Crippen molar-refractivity contribution in [2.45, 2.75) is 19.6 Å². The Bertz CT molecular complexity index is 5520. The number of nitriles is 3. The molecule has 5 aromatic heterocycles. The predicted octanol–water partition coefficient (Wildman–Crippen LogP) is 11.0. The Balaban J connectivity index is 0.000000139. The summed E-state index contributed by atoms with van der Waals surface area (Å²) >= 11 is 6.32. The van der Waals surface area contributed by atoms with Crippen molar-refractivity contribution in [1.82, 2.24) is 38.4 Å². The second kappa shape index (κ2) is 30.9. The number of carbonyl (C=O) groups is 3. The number of anilines is 3. The highest BCUT2D eigenvalue weighted by atomic mass is 35.5. The zero-order valence-corrected chi connectivity index (χ0v) is 56.6. The first-order chi connectivity index (χ1) is 50.6. The third-order valence-electron chi connectivity index (χ3n) is 18.7. The number of aromatic amines is 1. The van der Waals surface area contributed by atoms with Gasteiger partial charge in [-0.05, 0) is 108 Å². The lowest BCUT2D eigenvalue weighted by atomic mass is 10.1. The average Bonchev–Trinajstić information content (AvgIpc) is 0.923. The maximum Gasteiger partial charge on any atom is 0.289 e. The fourth-order valence-corrected chi connectivity index (χ4v) is 13.7. The number of rotatable bonds is 12. The first-order valence-electron chi connectivity index (χ1n) is 33.4. The summed E-state index contributed by atoms with van der Waals surface area (Å²) in [7, 11) is 0. The Morgan fingerprint density at radius 1 is 0.442 bits per heavy atom. The molecule has 3 saturated heterocycles. The van der Waals surface area contributed by atoms with E-state index >= 15 is 0 Å². The monoisotopic (exact) mass is 1410 g/mol. The van der Waals surface area contributed by atoms with Crippen LogP contribution in [0.1, 0.15) is 64.8 Å². The Hall–Kier alpha value is -13.0. The maximum absolute atomic E-state index is 13.5. The Labute approximate surface area is 598 Å². The number of fused-ring (bicyclic) bond motifs is 3. The summed E-state index contributed by atoms with van der Waals surface area (Å²) in [6.45, 7) is 6.21. The zero-order chi connectivity index (χ0) is 72.5. The van der Waals surface area contributed by atoms with E-state index in [0.29, 0.717) is 134 Å². The van der Waals surface area contributed by atoms with Crippen LogP contribution in [0, 0.1) is 51.4 Å². The molecule has 15 rings (SSSR count). The molecule has 0 unspecified atom stereocenters. The van der Waals surface area contributed by atoms with Crippen LogP contribution in [0.5, 0.6) is 0 Å². The van der Waals surface area contributed by atoms with Crippen molar-refractivity contribution < 1.29 is 32.0 Å². The van der Waals surface area contributed by atoms with Crippen LogP contribution in [0.15, 0.2) is 220 Å². The maximum atomic E-state index is 13.5. The van der Waals surface area contributed by atoms with Gasteiger partial charge in [-0.3, -0.25) is 28.8 Å². The molecule has 21 nitrogen and oxygen atoms in total. The number of imidazole rings is 1.